The number of aromatic nitrogens is 1. The van der Waals surface area contributed by atoms with Crippen LogP contribution in [0.5, 0.6) is 0 Å². The average Bonchev–Trinajstić information content (AvgIpc) is 2.56. The van der Waals surface area contributed by atoms with Crippen molar-refractivity contribution in [3.63, 3.8) is 0 Å². The molecule has 0 amide bonds. The van der Waals surface area contributed by atoms with E-state index in [0.717, 1.165) is 24.3 Å². The smallest absolute Gasteiger partial charge is 0.289 e. The van der Waals surface area contributed by atoms with Gasteiger partial charge >= 0.3 is 6.18 Å². The number of rotatable bonds is 2. The first kappa shape index (κ1) is 17.0. The van der Waals surface area contributed by atoms with Crippen LogP contribution < -0.4 is 0 Å². The molecule has 0 saturated carbocycles. The standard InChI is InChI=1S/C18H11F4NO2/c1-9-14(7-12-4-2-10(8-23-12)18(20,21)22)17(25)15-6-11(19)3-5-13(15)16(9)24/h2-6,8H,7H2,1H3. The number of allylic oxidation sites excluding steroid dienone is 2. The minimum absolute atomic E-state index is 0.0440. The highest BCUT2D eigenvalue weighted by atomic mass is 19.4. The summed E-state index contributed by atoms with van der Waals surface area (Å²) in [5.74, 6) is -1.57. The Labute approximate surface area is 140 Å². The van der Waals surface area contributed by atoms with Gasteiger partial charge in [-0.05, 0) is 37.3 Å². The SMILES string of the molecule is CC1=C(Cc2ccc(C(F)(F)F)cn2)C(=O)c2cc(F)ccc2C1=O. The van der Waals surface area contributed by atoms with E-state index in [-0.39, 0.29) is 34.4 Å². The van der Waals surface area contributed by atoms with E-state index in [0.29, 0.717) is 6.20 Å². The molecule has 2 aromatic rings. The summed E-state index contributed by atoms with van der Waals surface area (Å²) in [5.41, 5.74) is -0.324. The van der Waals surface area contributed by atoms with Crippen molar-refractivity contribution in [3.05, 3.63) is 75.9 Å². The second-order valence-electron chi connectivity index (χ2n) is 5.66. The van der Waals surface area contributed by atoms with Crippen LogP contribution >= 0.6 is 0 Å². The largest absolute Gasteiger partial charge is 0.417 e. The van der Waals surface area contributed by atoms with Gasteiger partial charge in [0, 0.05) is 40.6 Å². The van der Waals surface area contributed by atoms with E-state index in [1.54, 1.807) is 0 Å². The summed E-state index contributed by atoms with van der Waals surface area (Å²) >= 11 is 0. The zero-order chi connectivity index (χ0) is 18.4. The third-order valence-electron chi connectivity index (χ3n) is 4.05. The summed E-state index contributed by atoms with van der Waals surface area (Å²) in [7, 11) is 0. The summed E-state index contributed by atoms with van der Waals surface area (Å²) in [4.78, 5) is 28.6. The van der Waals surface area contributed by atoms with Crippen molar-refractivity contribution in [3.8, 4) is 0 Å². The van der Waals surface area contributed by atoms with Gasteiger partial charge < -0.3 is 0 Å². The minimum atomic E-state index is -4.51. The molecule has 0 N–H and O–H groups in total. The van der Waals surface area contributed by atoms with Gasteiger partial charge in [-0.15, -0.1) is 0 Å². The fourth-order valence-electron chi connectivity index (χ4n) is 2.66. The van der Waals surface area contributed by atoms with Gasteiger partial charge in [0.05, 0.1) is 5.56 Å². The molecule has 1 aliphatic carbocycles. The molecule has 0 fully saturated rings. The first-order valence-electron chi connectivity index (χ1n) is 7.29. The Balaban J connectivity index is 1.96. The van der Waals surface area contributed by atoms with Crippen LogP contribution in [0, 0.1) is 5.82 Å². The van der Waals surface area contributed by atoms with Crippen LogP contribution in [0.3, 0.4) is 0 Å². The van der Waals surface area contributed by atoms with Crippen molar-refractivity contribution >= 4 is 11.6 Å². The molecule has 7 heteroatoms. The molecular weight excluding hydrogens is 338 g/mol. The van der Waals surface area contributed by atoms with E-state index in [1.807, 2.05) is 0 Å². The molecule has 3 rings (SSSR count). The normalized spacial score (nSPS) is 14.8. The van der Waals surface area contributed by atoms with Gasteiger partial charge in [0.25, 0.3) is 0 Å². The highest BCUT2D eigenvalue weighted by Crippen LogP contribution is 2.30. The lowest BCUT2D eigenvalue weighted by atomic mass is 9.83. The van der Waals surface area contributed by atoms with E-state index in [9.17, 15) is 27.2 Å². The second kappa shape index (κ2) is 5.91. The molecule has 0 bridgehead atoms. The van der Waals surface area contributed by atoms with E-state index < -0.39 is 29.1 Å². The number of alkyl halides is 3. The van der Waals surface area contributed by atoms with Crippen molar-refractivity contribution in [2.45, 2.75) is 19.5 Å². The van der Waals surface area contributed by atoms with Crippen LogP contribution in [0.4, 0.5) is 17.6 Å². The Morgan fingerprint density at radius 2 is 1.72 bits per heavy atom. The fourth-order valence-corrected chi connectivity index (χ4v) is 2.66. The summed E-state index contributed by atoms with van der Waals surface area (Å²) in [5, 5.41) is 0. The molecule has 0 saturated heterocycles. The molecule has 25 heavy (non-hydrogen) atoms. The number of hydrogen-bond acceptors (Lipinski definition) is 3. The average molecular weight is 349 g/mol. The van der Waals surface area contributed by atoms with E-state index in [1.165, 1.54) is 13.0 Å². The third-order valence-corrected chi connectivity index (χ3v) is 4.05. The van der Waals surface area contributed by atoms with Crippen molar-refractivity contribution in [2.24, 2.45) is 0 Å². The highest BCUT2D eigenvalue weighted by Gasteiger charge is 2.32. The lowest BCUT2D eigenvalue weighted by Crippen LogP contribution is -2.22. The Morgan fingerprint density at radius 3 is 2.32 bits per heavy atom. The van der Waals surface area contributed by atoms with Gasteiger partial charge in [0.1, 0.15) is 5.82 Å². The number of Topliss-reactive ketones (excluding diaryl/α,β-unsaturated/α-hetero) is 2. The minimum Gasteiger partial charge on any atom is -0.289 e. The van der Waals surface area contributed by atoms with Gasteiger partial charge in [-0.25, -0.2) is 4.39 Å². The Bertz CT molecular complexity index is 912. The van der Waals surface area contributed by atoms with Crippen LogP contribution in [0.1, 0.15) is 38.9 Å². The molecule has 0 aliphatic heterocycles. The van der Waals surface area contributed by atoms with Crippen LogP contribution in [0.2, 0.25) is 0 Å². The number of benzene rings is 1. The maximum Gasteiger partial charge on any atom is 0.417 e. The Morgan fingerprint density at radius 1 is 1.00 bits per heavy atom. The highest BCUT2D eigenvalue weighted by molar-refractivity contribution is 6.26. The van der Waals surface area contributed by atoms with Crippen LogP contribution in [-0.2, 0) is 12.6 Å². The molecule has 1 aliphatic rings. The zero-order valence-corrected chi connectivity index (χ0v) is 12.9. The number of nitrogens with zero attached hydrogens (tertiary/aromatic N) is 1. The predicted molar refractivity (Wildman–Crippen MR) is 80.7 cm³/mol. The summed E-state index contributed by atoms with van der Waals surface area (Å²) in [6.07, 6.45) is -3.94. The lowest BCUT2D eigenvalue weighted by Gasteiger charge is -2.19. The van der Waals surface area contributed by atoms with Gasteiger partial charge in [0.2, 0.25) is 0 Å². The van der Waals surface area contributed by atoms with Gasteiger partial charge in [-0.3, -0.25) is 14.6 Å². The first-order valence-corrected chi connectivity index (χ1v) is 7.29. The second-order valence-corrected chi connectivity index (χ2v) is 5.66. The van der Waals surface area contributed by atoms with Crippen LogP contribution in [0.25, 0.3) is 0 Å². The molecule has 0 spiro atoms. The van der Waals surface area contributed by atoms with E-state index >= 15 is 0 Å². The van der Waals surface area contributed by atoms with Crippen LogP contribution in [-0.4, -0.2) is 16.6 Å². The number of carbonyl (C=O) groups is 2. The molecule has 0 atom stereocenters. The fraction of sp³-hybridized carbons (Fsp3) is 0.167. The van der Waals surface area contributed by atoms with E-state index in [2.05, 4.69) is 4.98 Å². The predicted octanol–water partition coefficient (Wildman–Crippen LogP) is 4.18. The molecule has 3 nitrogen and oxygen atoms in total. The van der Waals surface area contributed by atoms with Crippen molar-refractivity contribution in [2.75, 3.05) is 0 Å². The summed E-state index contributed by atoms with van der Waals surface area (Å²) in [6, 6.07) is 5.35. The van der Waals surface area contributed by atoms with Gasteiger partial charge in [0.15, 0.2) is 11.6 Å². The number of carbonyl (C=O) groups excluding carboxylic acids is 2. The molecule has 1 heterocycles. The lowest BCUT2D eigenvalue weighted by molar-refractivity contribution is -0.137. The number of hydrogen-bond donors (Lipinski definition) is 0. The summed E-state index contributed by atoms with van der Waals surface area (Å²) < 4.78 is 51.1. The number of halogens is 4. The Kier molecular flexibility index (Phi) is 4.02. The third kappa shape index (κ3) is 3.09. The molecule has 0 unspecified atom stereocenters. The molecular formula is C18H11F4NO2. The van der Waals surface area contributed by atoms with Crippen molar-refractivity contribution in [1.82, 2.24) is 4.98 Å². The zero-order valence-electron chi connectivity index (χ0n) is 12.9. The van der Waals surface area contributed by atoms with Crippen molar-refractivity contribution in [1.29, 1.82) is 0 Å². The number of fused-ring (bicyclic) bond motifs is 1. The van der Waals surface area contributed by atoms with Crippen molar-refractivity contribution < 1.29 is 27.2 Å². The summed E-state index contributed by atoms with van der Waals surface area (Å²) in [6.45, 7) is 1.46. The number of ketones is 2. The molecule has 1 aromatic heterocycles. The molecule has 0 radical (unpaired) electrons. The van der Waals surface area contributed by atoms with Gasteiger partial charge in [-0.1, -0.05) is 0 Å². The topological polar surface area (TPSA) is 47.0 Å². The van der Waals surface area contributed by atoms with E-state index in [4.69, 9.17) is 0 Å². The van der Waals surface area contributed by atoms with Gasteiger partial charge in [-0.2, -0.15) is 13.2 Å². The molecule has 1 aromatic carbocycles. The Hall–Kier alpha value is -2.83. The maximum absolute atomic E-state index is 13.4. The first-order chi connectivity index (χ1) is 11.7. The molecule has 128 valence electrons. The monoisotopic (exact) mass is 349 g/mol. The quantitative estimate of drug-likeness (QED) is 0.764. The maximum atomic E-state index is 13.4. The number of pyridine rings is 1. The van der Waals surface area contributed by atoms with Crippen LogP contribution in [0.15, 0.2) is 47.7 Å².